The van der Waals surface area contributed by atoms with Gasteiger partial charge in [-0.25, -0.2) is 0 Å². The predicted molar refractivity (Wildman–Crippen MR) is 175 cm³/mol. The molecule has 0 aromatic heterocycles. The number of hydrogen-bond acceptors (Lipinski definition) is 0. The van der Waals surface area contributed by atoms with Crippen LogP contribution in [0.5, 0.6) is 0 Å². The van der Waals surface area contributed by atoms with E-state index in [1.54, 1.807) is 0 Å². The van der Waals surface area contributed by atoms with Gasteiger partial charge in [0.25, 0.3) is 0 Å². The largest absolute Gasteiger partial charge is 0.673 e. The van der Waals surface area contributed by atoms with Crippen molar-refractivity contribution in [2.45, 2.75) is 25.7 Å². The van der Waals surface area contributed by atoms with Crippen molar-refractivity contribution < 1.29 is 36.7 Å². The molecule has 0 spiro atoms. The van der Waals surface area contributed by atoms with E-state index in [4.69, 9.17) is 0 Å². The SMILES string of the molecule is C1=C\CC/C=C\CC/1.F[B-](F)(F)F.[Rh].c1ccc(P(CCP(c2ccccc2)c2ccccc2)c2ccccc2)cc1. The third kappa shape index (κ3) is 14.7. The molecule has 0 atom stereocenters. The Hall–Kier alpha value is -2.37. The summed E-state index contributed by atoms with van der Waals surface area (Å²) in [5.41, 5.74) is 0. The Morgan fingerprint density at radius 1 is 0.405 bits per heavy atom. The summed E-state index contributed by atoms with van der Waals surface area (Å²) < 4.78 is 39.0. The van der Waals surface area contributed by atoms with Crippen LogP contribution in [0.3, 0.4) is 0 Å². The van der Waals surface area contributed by atoms with Crippen molar-refractivity contribution in [1.29, 1.82) is 0 Å². The first-order valence-electron chi connectivity index (χ1n) is 13.8. The molecule has 0 saturated carbocycles. The third-order valence-electron chi connectivity index (χ3n) is 6.15. The molecule has 223 valence electrons. The molecule has 42 heavy (non-hydrogen) atoms. The standard InChI is InChI=1S/C26H24P2.C8H12.BF4.Rh/c1-5-13-23(14-6-1)27(24-15-7-2-8-16-24)21-22-28(25-17-9-3-10-18-25)26-19-11-4-12-20-26;1-2-4-6-8-7-5-3-1;2-1(3,4)5;/h1-20H,21-22H2;1-2,7-8H,3-6H2;;/q;;-1;/b;2-1-,8-7-;;. The molecule has 0 nitrogen and oxygen atoms in total. The van der Waals surface area contributed by atoms with Crippen molar-refractivity contribution in [3.8, 4) is 0 Å². The summed E-state index contributed by atoms with van der Waals surface area (Å²) in [5.74, 6) is 0. The summed E-state index contributed by atoms with van der Waals surface area (Å²) in [6.07, 6.45) is 16.4. The summed E-state index contributed by atoms with van der Waals surface area (Å²) >= 11 is 0. The minimum atomic E-state index is -6.00. The zero-order valence-corrected chi connectivity index (χ0v) is 26.8. The normalized spacial score (nSPS) is 14.1. The van der Waals surface area contributed by atoms with Gasteiger partial charge in [-0.1, -0.05) is 146 Å². The fraction of sp³-hybridized carbons (Fsp3) is 0.176. The van der Waals surface area contributed by atoms with Crippen LogP contribution >= 0.6 is 15.8 Å². The Morgan fingerprint density at radius 3 is 0.786 bits per heavy atom. The molecule has 0 unspecified atom stereocenters. The molecule has 4 aromatic rings. The van der Waals surface area contributed by atoms with Crippen LogP contribution in [0, 0.1) is 0 Å². The maximum absolute atomic E-state index is 9.75. The van der Waals surface area contributed by atoms with E-state index in [0.29, 0.717) is 0 Å². The van der Waals surface area contributed by atoms with Gasteiger partial charge in [-0.2, -0.15) is 0 Å². The molecule has 0 saturated heterocycles. The number of allylic oxidation sites excluding steroid dienone is 4. The zero-order valence-electron chi connectivity index (χ0n) is 23.4. The van der Waals surface area contributed by atoms with E-state index in [1.807, 2.05) is 0 Å². The minimum Gasteiger partial charge on any atom is -0.418 e. The van der Waals surface area contributed by atoms with Crippen molar-refractivity contribution in [2.75, 3.05) is 12.3 Å². The summed E-state index contributed by atoms with van der Waals surface area (Å²) in [6, 6.07) is 44.2. The van der Waals surface area contributed by atoms with Crippen LogP contribution in [0.4, 0.5) is 17.3 Å². The quantitative estimate of drug-likeness (QED) is 0.0783. The summed E-state index contributed by atoms with van der Waals surface area (Å²) in [7, 11) is -6.70. The summed E-state index contributed by atoms with van der Waals surface area (Å²) in [5, 5.41) is 5.89. The zero-order chi connectivity index (χ0) is 29.2. The van der Waals surface area contributed by atoms with Crippen LogP contribution in [-0.4, -0.2) is 19.6 Å². The van der Waals surface area contributed by atoms with Gasteiger partial charge in [-0.05, 0) is 75.1 Å². The summed E-state index contributed by atoms with van der Waals surface area (Å²) in [6.45, 7) is 0. The molecular formula is C34H36BF4P2Rh-. The topological polar surface area (TPSA) is 0 Å². The van der Waals surface area contributed by atoms with Gasteiger partial charge in [0, 0.05) is 19.5 Å². The van der Waals surface area contributed by atoms with E-state index >= 15 is 0 Å². The van der Waals surface area contributed by atoms with Gasteiger partial charge in [-0.15, -0.1) is 0 Å². The Labute approximate surface area is 263 Å². The van der Waals surface area contributed by atoms with E-state index in [0.717, 1.165) is 0 Å². The smallest absolute Gasteiger partial charge is 0.418 e. The average molecular weight is 696 g/mol. The Kier molecular flexibility index (Phi) is 17.5. The van der Waals surface area contributed by atoms with Crippen LogP contribution in [0.2, 0.25) is 0 Å². The van der Waals surface area contributed by atoms with E-state index < -0.39 is 7.25 Å². The van der Waals surface area contributed by atoms with Gasteiger partial charge in [0.15, 0.2) is 0 Å². The number of rotatable bonds is 7. The van der Waals surface area contributed by atoms with Crippen molar-refractivity contribution in [1.82, 2.24) is 0 Å². The molecule has 1 aliphatic carbocycles. The molecule has 0 fully saturated rings. The molecule has 8 heteroatoms. The molecule has 1 aliphatic rings. The van der Waals surface area contributed by atoms with E-state index in [2.05, 4.69) is 146 Å². The van der Waals surface area contributed by atoms with Gasteiger partial charge in [0.05, 0.1) is 0 Å². The maximum atomic E-state index is 9.75. The first kappa shape index (κ1) is 35.8. The van der Waals surface area contributed by atoms with Crippen molar-refractivity contribution in [2.24, 2.45) is 0 Å². The molecule has 0 heterocycles. The monoisotopic (exact) mass is 696 g/mol. The second kappa shape index (κ2) is 20.5. The molecule has 1 radical (unpaired) electrons. The van der Waals surface area contributed by atoms with Gasteiger partial charge in [0.2, 0.25) is 0 Å². The van der Waals surface area contributed by atoms with Gasteiger partial charge in [-0.3, -0.25) is 0 Å². The molecule has 5 rings (SSSR count). The molecule has 0 aliphatic heterocycles. The predicted octanol–water partition coefficient (Wildman–Crippen LogP) is 9.22. The van der Waals surface area contributed by atoms with E-state index in [1.165, 1.54) is 59.2 Å². The minimum absolute atomic E-state index is 0. The number of halogens is 4. The number of benzene rings is 4. The van der Waals surface area contributed by atoms with Gasteiger partial charge < -0.3 is 17.3 Å². The van der Waals surface area contributed by atoms with Crippen LogP contribution in [0.1, 0.15) is 25.7 Å². The van der Waals surface area contributed by atoms with Crippen LogP contribution in [0.25, 0.3) is 0 Å². The molecule has 0 amide bonds. The second-order valence-corrected chi connectivity index (χ2v) is 13.9. The van der Waals surface area contributed by atoms with Crippen molar-refractivity contribution >= 4 is 44.3 Å². The maximum Gasteiger partial charge on any atom is 0.673 e. The van der Waals surface area contributed by atoms with E-state index in [-0.39, 0.29) is 35.3 Å². The van der Waals surface area contributed by atoms with Crippen LogP contribution < -0.4 is 21.2 Å². The van der Waals surface area contributed by atoms with Gasteiger partial charge in [0.1, 0.15) is 0 Å². The van der Waals surface area contributed by atoms with Crippen LogP contribution in [-0.2, 0) is 19.5 Å². The Bertz CT molecular complexity index is 1090. The number of hydrogen-bond donors (Lipinski definition) is 0. The first-order chi connectivity index (χ1) is 19.9. The van der Waals surface area contributed by atoms with E-state index in [9.17, 15) is 17.3 Å². The summed E-state index contributed by atoms with van der Waals surface area (Å²) in [4.78, 5) is 0. The molecule has 0 N–H and O–H groups in total. The first-order valence-corrected chi connectivity index (χ1v) is 16.9. The Morgan fingerprint density at radius 2 is 0.595 bits per heavy atom. The molecule has 4 aromatic carbocycles. The third-order valence-corrected chi connectivity index (χ3v) is 11.5. The molecular weight excluding hydrogens is 660 g/mol. The Balaban J connectivity index is 0.000000367. The van der Waals surface area contributed by atoms with Gasteiger partial charge >= 0.3 is 7.25 Å². The van der Waals surface area contributed by atoms with Crippen LogP contribution in [0.15, 0.2) is 146 Å². The second-order valence-electron chi connectivity index (χ2n) is 9.24. The van der Waals surface area contributed by atoms with Crippen molar-refractivity contribution in [3.05, 3.63) is 146 Å². The average Bonchev–Trinajstić information content (AvgIpc) is 2.96. The fourth-order valence-corrected chi connectivity index (χ4v) is 9.66. The fourth-order valence-electron chi connectivity index (χ4n) is 4.30. The molecule has 0 bridgehead atoms. The van der Waals surface area contributed by atoms with Crippen molar-refractivity contribution in [3.63, 3.8) is 0 Å².